The molecule has 0 fully saturated rings. The van der Waals surface area contributed by atoms with Crippen molar-refractivity contribution in [1.29, 1.82) is 0 Å². The van der Waals surface area contributed by atoms with Crippen LogP contribution in [0.25, 0.3) is 0 Å². The lowest BCUT2D eigenvalue weighted by Crippen LogP contribution is -2.35. The number of anilines is 1. The zero-order valence-corrected chi connectivity index (χ0v) is 16.4. The second-order valence-electron chi connectivity index (χ2n) is 6.46. The lowest BCUT2D eigenvalue weighted by atomic mass is 9.95. The van der Waals surface area contributed by atoms with Gasteiger partial charge in [-0.05, 0) is 38.4 Å². The maximum absolute atomic E-state index is 5.29. The molecule has 0 aromatic heterocycles. The van der Waals surface area contributed by atoms with Gasteiger partial charge in [0.05, 0.1) is 13.2 Å². The van der Waals surface area contributed by atoms with Crippen LogP contribution >= 0.6 is 0 Å². The van der Waals surface area contributed by atoms with Crippen molar-refractivity contribution in [1.82, 2.24) is 10.3 Å². The molecule has 1 aromatic carbocycles. The van der Waals surface area contributed by atoms with E-state index in [9.17, 15) is 0 Å². The quantitative estimate of drug-likeness (QED) is 0.361. The minimum atomic E-state index is 0.0228. The molecule has 0 spiro atoms. The molecular weight excluding hydrogens is 314 g/mol. The molecule has 0 radical (unpaired) electrons. The minimum Gasteiger partial charge on any atom is -0.497 e. The first-order valence-electron chi connectivity index (χ1n) is 8.78. The van der Waals surface area contributed by atoms with Crippen LogP contribution in [-0.2, 0) is 0 Å². The Balaban J connectivity index is 2.69. The summed E-state index contributed by atoms with van der Waals surface area (Å²) >= 11 is 0. The Kier molecular flexibility index (Phi) is 8.99. The van der Waals surface area contributed by atoms with E-state index < -0.39 is 0 Å². The average Bonchev–Trinajstić information content (AvgIpc) is 2.58. The fourth-order valence-electron chi connectivity index (χ4n) is 2.70. The Labute approximate surface area is 152 Å². The molecule has 1 aromatic rings. The first kappa shape index (κ1) is 21.0. The van der Waals surface area contributed by atoms with Crippen molar-refractivity contribution in [2.24, 2.45) is 16.3 Å². The van der Waals surface area contributed by atoms with Crippen molar-refractivity contribution >= 4 is 5.69 Å². The van der Waals surface area contributed by atoms with Gasteiger partial charge in [-0.2, -0.15) is 5.11 Å². The van der Waals surface area contributed by atoms with Gasteiger partial charge in [0.15, 0.2) is 0 Å². The van der Waals surface area contributed by atoms with Crippen molar-refractivity contribution in [2.45, 2.75) is 39.9 Å². The molecule has 140 valence electrons. The van der Waals surface area contributed by atoms with Gasteiger partial charge < -0.3 is 10.1 Å². The molecule has 6 nitrogen and oxygen atoms in total. The Morgan fingerprint density at radius 2 is 2.08 bits per heavy atom. The van der Waals surface area contributed by atoms with E-state index in [-0.39, 0.29) is 12.2 Å². The number of nitrogens with one attached hydrogen (secondary N) is 2. The summed E-state index contributed by atoms with van der Waals surface area (Å²) in [7, 11) is 3.62. The highest BCUT2D eigenvalue weighted by molar-refractivity contribution is 5.50. The minimum absolute atomic E-state index is 0.0228. The van der Waals surface area contributed by atoms with Gasteiger partial charge in [-0.25, -0.2) is 0 Å². The maximum atomic E-state index is 5.29. The highest BCUT2D eigenvalue weighted by Crippen LogP contribution is 2.22. The van der Waals surface area contributed by atoms with Gasteiger partial charge in [-0.3, -0.25) is 10.3 Å². The molecule has 3 atom stereocenters. The zero-order chi connectivity index (χ0) is 18.8. The van der Waals surface area contributed by atoms with Crippen LogP contribution in [0.1, 0.15) is 27.7 Å². The highest BCUT2D eigenvalue weighted by atomic mass is 16.5. The molecule has 1 rings (SSSR count). The van der Waals surface area contributed by atoms with Gasteiger partial charge in [0.2, 0.25) is 0 Å². The third-order valence-corrected chi connectivity index (χ3v) is 3.92. The monoisotopic (exact) mass is 347 g/mol. The molecule has 0 heterocycles. The first-order valence-corrected chi connectivity index (χ1v) is 8.78. The van der Waals surface area contributed by atoms with E-state index >= 15 is 0 Å². The highest BCUT2D eigenvalue weighted by Gasteiger charge is 2.19. The van der Waals surface area contributed by atoms with Crippen LogP contribution in [0, 0.1) is 5.92 Å². The molecule has 0 aliphatic carbocycles. The van der Waals surface area contributed by atoms with E-state index in [4.69, 9.17) is 4.74 Å². The van der Waals surface area contributed by atoms with E-state index in [0.717, 1.165) is 30.1 Å². The zero-order valence-electron chi connectivity index (χ0n) is 16.4. The molecule has 2 N–H and O–H groups in total. The number of hydrogen-bond donors (Lipinski definition) is 2. The summed E-state index contributed by atoms with van der Waals surface area (Å²) in [6, 6.07) is 8.07. The number of ether oxygens (including phenoxy) is 1. The van der Waals surface area contributed by atoms with Gasteiger partial charge in [-0.1, -0.05) is 37.3 Å². The van der Waals surface area contributed by atoms with E-state index in [1.807, 2.05) is 50.2 Å². The summed E-state index contributed by atoms with van der Waals surface area (Å²) in [5, 5.41) is 17.2. The van der Waals surface area contributed by atoms with Crippen LogP contribution in [-0.4, -0.2) is 44.5 Å². The maximum Gasteiger partial charge on any atom is 0.120 e. The smallest absolute Gasteiger partial charge is 0.120 e. The first-order chi connectivity index (χ1) is 11.9. The Morgan fingerprint density at radius 3 is 2.68 bits per heavy atom. The predicted molar refractivity (Wildman–Crippen MR) is 105 cm³/mol. The number of methoxy groups -OCH3 is 1. The lowest BCUT2D eigenvalue weighted by Gasteiger charge is -2.29. The van der Waals surface area contributed by atoms with E-state index in [1.54, 1.807) is 7.11 Å². The molecule has 3 unspecified atom stereocenters. The standard InChI is InChI=1S/C19H33N5O/c1-8-20-16(5)22-23-24(6)13-15(4)19(14(2)3)21-17-10-9-11-18(12-17)25-7/h9-12,15-16,19-21H,2,8,13H2,1,3-7H3. The van der Waals surface area contributed by atoms with Crippen molar-refractivity contribution in [3.05, 3.63) is 36.4 Å². The number of benzene rings is 1. The van der Waals surface area contributed by atoms with E-state index in [2.05, 4.69) is 41.4 Å². The van der Waals surface area contributed by atoms with Gasteiger partial charge in [0.25, 0.3) is 0 Å². The van der Waals surface area contributed by atoms with Crippen LogP contribution < -0.4 is 15.4 Å². The molecule has 25 heavy (non-hydrogen) atoms. The van der Waals surface area contributed by atoms with Gasteiger partial charge in [-0.15, -0.1) is 0 Å². The molecule has 0 aliphatic rings. The molecule has 0 saturated carbocycles. The Bertz CT molecular complexity index is 561. The summed E-state index contributed by atoms with van der Waals surface area (Å²) in [5.74, 6) is 1.14. The largest absolute Gasteiger partial charge is 0.497 e. The Morgan fingerprint density at radius 1 is 1.36 bits per heavy atom. The summed E-state index contributed by atoms with van der Waals surface area (Å²) in [4.78, 5) is 0. The van der Waals surface area contributed by atoms with Crippen molar-refractivity contribution < 1.29 is 4.74 Å². The van der Waals surface area contributed by atoms with Crippen molar-refractivity contribution in [3.8, 4) is 5.75 Å². The van der Waals surface area contributed by atoms with Crippen molar-refractivity contribution in [3.63, 3.8) is 0 Å². The van der Waals surface area contributed by atoms with Crippen molar-refractivity contribution in [2.75, 3.05) is 32.6 Å². The average molecular weight is 348 g/mol. The van der Waals surface area contributed by atoms with Crippen LogP contribution in [0.3, 0.4) is 0 Å². The lowest BCUT2D eigenvalue weighted by molar-refractivity contribution is 0.263. The van der Waals surface area contributed by atoms with Gasteiger partial charge >= 0.3 is 0 Å². The number of hydrogen-bond acceptors (Lipinski definition) is 5. The van der Waals surface area contributed by atoms with Crippen LogP contribution in [0.2, 0.25) is 0 Å². The van der Waals surface area contributed by atoms with E-state index in [0.29, 0.717) is 5.92 Å². The number of nitrogens with zero attached hydrogens (tertiary/aromatic N) is 3. The fourth-order valence-corrected chi connectivity index (χ4v) is 2.70. The SMILES string of the molecule is C=C(C)C(Nc1cccc(OC)c1)C(C)CN(C)N=NC(C)NCC. The summed E-state index contributed by atoms with van der Waals surface area (Å²) in [6.07, 6.45) is 0.0228. The van der Waals surface area contributed by atoms with Crippen LogP contribution in [0.5, 0.6) is 5.75 Å². The fraction of sp³-hybridized carbons (Fsp3) is 0.579. The molecule has 0 saturated heterocycles. The van der Waals surface area contributed by atoms with Gasteiger partial charge in [0, 0.05) is 25.3 Å². The van der Waals surface area contributed by atoms with E-state index in [1.165, 1.54) is 0 Å². The van der Waals surface area contributed by atoms with Crippen LogP contribution in [0.4, 0.5) is 5.69 Å². The summed E-state index contributed by atoms with van der Waals surface area (Å²) < 4.78 is 5.29. The molecule has 0 amide bonds. The third kappa shape index (κ3) is 7.56. The third-order valence-electron chi connectivity index (χ3n) is 3.92. The molecule has 6 heteroatoms. The molecule has 0 bridgehead atoms. The molecule has 0 aliphatic heterocycles. The molecular formula is C19H33N5O. The number of rotatable bonds is 11. The normalized spacial score (nSPS) is 14.8. The predicted octanol–water partition coefficient (Wildman–Crippen LogP) is 3.94. The summed E-state index contributed by atoms with van der Waals surface area (Å²) in [6.45, 7) is 14.1. The summed E-state index contributed by atoms with van der Waals surface area (Å²) in [5.41, 5.74) is 2.10. The van der Waals surface area contributed by atoms with Crippen LogP contribution in [0.15, 0.2) is 46.8 Å². The Hall–Kier alpha value is -2.08. The van der Waals surface area contributed by atoms with Gasteiger partial charge in [0.1, 0.15) is 11.9 Å². The second kappa shape index (κ2) is 10.7. The second-order valence-corrected chi connectivity index (χ2v) is 6.46. The topological polar surface area (TPSA) is 61.2 Å².